The van der Waals surface area contributed by atoms with Gasteiger partial charge in [-0.2, -0.15) is 0 Å². The Labute approximate surface area is 231 Å². The number of benzene rings is 3. The number of ether oxygens (including phenoxy) is 4. The van der Waals surface area contributed by atoms with E-state index in [0.29, 0.717) is 29.2 Å². The van der Waals surface area contributed by atoms with E-state index in [2.05, 4.69) is 0 Å². The Morgan fingerprint density at radius 3 is 2.41 bits per heavy atom. The van der Waals surface area contributed by atoms with Gasteiger partial charge in [0.25, 0.3) is 11.1 Å². The molecular formula is C30H29NO7S. The predicted molar refractivity (Wildman–Crippen MR) is 150 cm³/mol. The zero-order chi connectivity index (χ0) is 27.9. The summed E-state index contributed by atoms with van der Waals surface area (Å²) < 4.78 is 22.2. The summed E-state index contributed by atoms with van der Waals surface area (Å²) in [5.41, 5.74) is 3.04. The van der Waals surface area contributed by atoms with Crippen LogP contribution in [0.25, 0.3) is 6.08 Å². The van der Waals surface area contributed by atoms with E-state index in [1.54, 1.807) is 55.7 Å². The fourth-order valence-corrected chi connectivity index (χ4v) is 4.67. The Bertz CT molecular complexity index is 1420. The number of imide groups is 1. The van der Waals surface area contributed by atoms with Gasteiger partial charge in [0.1, 0.15) is 18.1 Å². The maximum absolute atomic E-state index is 13.0. The van der Waals surface area contributed by atoms with Crippen LogP contribution >= 0.6 is 11.8 Å². The van der Waals surface area contributed by atoms with Gasteiger partial charge in [-0.3, -0.25) is 14.5 Å². The number of carbonyl (C=O) groups is 3. The zero-order valence-corrected chi connectivity index (χ0v) is 23.0. The number of nitrogens with zero attached hydrogens (tertiary/aromatic N) is 1. The van der Waals surface area contributed by atoms with Gasteiger partial charge in [-0.05, 0) is 97.8 Å². The van der Waals surface area contributed by atoms with E-state index < -0.39 is 5.97 Å². The minimum atomic E-state index is -0.546. The fourth-order valence-electron chi connectivity index (χ4n) is 3.81. The highest BCUT2D eigenvalue weighted by atomic mass is 32.2. The van der Waals surface area contributed by atoms with Crippen LogP contribution in [-0.4, -0.2) is 48.9 Å². The van der Waals surface area contributed by atoms with Crippen molar-refractivity contribution in [3.8, 4) is 23.0 Å². The molecule has 0 unspecified atom stereocenters. The molecule has 0 radical (unpaired) electrons. The van der Waals surface area contributed by atoms with Crippen LogP contribution in [0.2, 0.25) is 0 Å². The number of hydrogen-bond acceptors (Lipinski definition) is 8. The highest BCUT2D eigenvalue weighted by molar-refractivity contribution is 8.18. The Balaban J connectivity index is 1.44. The molecule has 1 aliphatic heterocycles. The second-order valence-electron chi connectivity index (χ2n) is 8.71. The van der Waals surface area contributed by atoms with Crippen molar-refractivity contribution in [1.82, 2.24) is 4.90 Å². The van der Waals surface area contributed by atoms with Gasteiger partial charge in [0.05, 0.1) is 30.7 Å². The first kappa shape index (κ1) is 27.8. The topological polar surface area (TPSA) is 91.4 Å². The van der Waals surface area contributed by atoms with Gasteiger partial charge in [-0.15, -0.1) is 0 Å². The summed E-state index contributed by atoms with van der Waals surface area (Å²) in [7, 11) is 1.55. The Hall–Kier alpha value is -4.24. The number of carbonyl (C=O) groups excluding carboxylic acids is 3. The number of amides is 2. The molecule has 202 valence electrons. The first-order valence-electron chi connectivity index (χ1n) is 12.4. The molecule has 1 aliphatic rings. The summed E-state index contributed by atoms with van der Waals surface area (Å²) in [6.07, 6.45) is 1.62. The average Bonchev–Trinajstić information content (AvgIpc) is 3.19. The lowest BCUT2D eigenvalue weighted by molar-refractivity contribution is -0.123. The molecule has 0 N–H and O–H groups in total. The van der Waals surface area contributed by atoms with Crippen LogP contribution < -0.4 is 18.9 Å². The summed E-state index contributed by atoms with van der Waals surface area (Å²) in [5, 5.41) is -0.356. The SMILES string of the molecule is CCOc1cc(/C=C2\SC(=O)N(CCOc3cc(C)ccc3C)C2=O)ccc1OC(=O)c1ccc(OC)cc1. The van der Waals surface area contributed by atoms with Gasteiger partial charge < -0.3 is 18.9 Å². The molecule has 0 atom stereocenters. The molecule has 0 spiro atoms. The Morgan fingerprint density at radius 1 is 0.923 bits per heavy atom. The molecule has 3 aromatic rings. The lowest BCUT2D eigenvalue weighted by atomic mass is 10.1. The molecule has 1 saturated heterocycles. The van der Waals surface area contributed by atoms with Gasteiger partial charge in [0.2, 0.25) is 0 Å². The summed E-state index contributed by atoms with van der Waals surface area (Å²) in [6, 6.07) is 17.4. The van der Waals surface area contributed by atoms with E-state index in [4.69, 9.17) is 18.9 Å². The van der Waals surface area contributed by atoms with Crippen LogP contribution in [0.5, 0.6) is 23.0 Å². The maximum Gasteiger partial charge on any atom is 0.343 e. The van der Waals surface area contributed by atoms with Crippen molar-refractivity contribution >= 4 is 35.0 Å². The number of esters is 1. The van der Waals surface area contributed by atoms with Crippen LogP contribution in [-0.2, 0) is 4.79 Å². The monoisotopic (exact) mass is 547 g/mol. The second-order valence-corrected chi connectivity index (χ2v) is 9.70. The van der Waals surface area contributed by atoms with Crippen molar-refractivity contribution in [1.29, 1.82) is 0 Å². The van der Waals surface area contributed by atoms with Crippen LogP contribution in [0.1, 0.15) is 34.0 Å². The molecule has 0 bridgehead atoms. The van der Waals surface area contributed by atoms with Crippen molar-refractivity contribution in [3.05, 3.63) is 87.8 Å². The molecule has 1 heterocycles. The average molecular weight is 548 g/mol. The minimum Gasteiger partial charge on any atom is -0.497 e. The molecule has 9 heteroatoms. The number of hydrogen-bond donors (Lipinski definition) is 0. The molecule has 39 heavy (non-hydrogen) atoms. The minimum absolute atomic E-state index is 0.139. The van der Waals surface area contributed by atoms with Crippen LogP contribution in [0.15, 0.2) is 65.6 Å². The summed E-state index contributed by atoms with van der Waals surface area (Å²) >= 11 is 0.869. The number of methoxy groups -OCH3 is 1. The number of aryl methyl sites for hydroxylation is 2. The number of thioether (sulfide) groups is 1. The third-order valence-electron chi connectivity index (χ3n) is 5.88. The van der Waals surface area contributed by atoms with E-state index in [1.807, 2.05) is 39.0 Å². The van der Waals surface area contributed by atoms with Gasteiger partial charge in [-0.1, -0.05) is 18.2 Å². The predicted octanol–water partition coefficient (Wildman–Crippen LogP) is 6.05. The molecule has 0 aromatic heterocycles. The lowest BCUT2D eigenvalue weighted by Gasteiger charge is -2.14. The van der Waals surface area contributed by atoms with Crippen LogP contribution in [0.3, 0.4) is 0 Å². The van der Waals surface area contributed by atoms with Gasteiger partial charge in [0, 0.05) is 0 Å². The fraction of sp³-hybridized carbons (Fsp3) is 0.233. The van der Waals surface area contributed by atoms with E-state index in [0.717, 1.165) is 28.6 Å². The highest BCUT2D eigenvalue weighted by Gasteiger charge is 2.35. The third-order valence-corrected chi connectivity index (χ3v) is 6.79. The summed E-state index contributed by atoms with van der Waals surface area (Å²) in [4.78, 5) is 39.6. The second kappa shape index (κ2) is 12.5. The molecule has 2 amide bonds. The summed E-state index contributed by atoms with van der Waals surface area (Å²) in [6.45, 7) is 6.40. The highest BCUT2D eigenvalue weighted by Crippen LogP contribution is 2.35. The van der Waals surface area contributed by atoms with Crippen LogP contribution in [0.4, 0.5) is 4.79 Å². The van der Waals surface area contributed by atoms with E-state index in [-0.39, 0.29) is 35.0 Å². The maximum atomic E-state index is 13.0. The normalized spacial score (nSPS) is 14.1. The smallest absolute Gasteiger partial charge is 0.343 e. The molecule has 0 aliphatic carbocycles. The quantitative estimate of drug-likeness (QED) is 0.172. The molecule has 1 fully saturated rings. The third kappa shape index (κ3) is 6.80. The largest absolute Gasteiger partial charge is 0.497 e. The van der Waals surface area contributed by atoms with Crippen LogP contribution in [0, 0.1) is 13.8 Å². The van der Waals surface area contributed by atoms with Crippen molar-refractivity contribution in [3.63, 3.8) is 0 Å². The standard InChI is InChI=1S/C30H29NO7S/c1-5-36-26-17-21(8-13-24(26)38-29(33)22-9-11-23(35-4)12-10-22)18-27-28(32)31(30(34)39-27)14-15-37-25-16-19(2)6-7-20(25)3/h6-13,16-18H,5,14-15H2,1-4H3/b27-18-. The Morgan fingerprint density at radius 2 is 1.69 bits per heavy atom. The van der Waals surface area contributed by atoms with Gasteiger partial charge in [-0.25, -0.2) is 4.79 Å². The van der Waals surface area contributed by atoms with E-state index in [1.165, 1.54) is 4.90 Å². The Kier molecular flexibility index (Phi) is 8.93. The lowest BCUT2D eigenvalue weighted by Crippen LogP contribution is -2.32. The molecule has 4 rings (SSSR count). The molecular weight excluding hydrogens is 518 g/mol. The van der Waals surface area contributed by atoms with Gasteiger partial charge in [0.15, 0.2) is 11.5 Å². The molecule has 0 saturated carbocycles. The van der Waals surface area contributed by atoms with Crippen molar-refractivity contribution in [2.45, 2.75) is 20.8 Å². The van der Waals surface area contributed by atoms with Crippen molar-refractivity contribution in [2.75, 3.05) is 26.9 Å². The first-order chi connectivity index (χ1) is 18.8. The van der Waals surface area contributed by atoms with Gasteiger partial charge >= 0.3 is 5.97 Å². The van der Waals surface area contributed by atoms with Crippen molar-refractivity contribution < 1.29 is 33.3 Å². The van der Waals surface area contributed by atoms with E-state index in [9.17, 15) is 14.4 Å². The number of rotatable bonds is 10. The zero-order valence-electron chi connectivity index (χ0n) is 22.2. The van der Waals surface area contributed by atoms with E-state index >= 15 is 0 Å². The molecule has 8 nitrogen and oxygen atoms in total. The summed E-state index contributed by atoms with van der Waals surface area (Å²) in [5.74, 6) is 1.01. The first-order valence-corrected chi connectivity index (χ1v) is 13.2. The van der Waals surface area contributed by atoms with Crippen molar-refractivity contribution in [2.24, 2.45) is 0 Å². The molecule has 3 aromatic carbocycles.